The van der Waals surface area contributed by atoms with Gasteiger partial charge >= 0.3 is 0 Å². The fraction of sp³-hybridized carbons (Fsp3) is 0.294. The highest BCUT2D eigenvalue weighted by Gasteiger charge is 2.28. The molecule has 3 aromatic heterocycles. The first-order valence-corrected chi connectivity index (χ1v) is 8.71. The van der Waals surface area contributed by atoms with E-state index in [-0.39, 0.29) is 11.8 Å². The molecule has 0 unspecified atom stereocenters. The Morgan fingerprint density at radius 2 is 2.07 bits per heavy atom. The number of hydrogen-bond acceptors (Lipinski definition) is 7. The van der Waals surface area contributed by atoms with E-state index in [2.05, 4.69) is 30.7 Å². The van der Waals surface area contributed by atoms with Crippen LogP contribution < -0.4 is 0 Å². The molecule has 0 atom stereocenters. The van der Waals surface area contributed by atoms with Crippen molar-refractivity contribution in [1.82, 2.24) is 40.3 Å². The van der Waals surface area contributed by atoms with Crippen LogP contribution in [0.1, 0.15) is 35.1 Å². The molecule has 1 N–H and O–H groups in total. The Balaban J connectivity index is 1.26. The minimum Gasteiger partial charge on any atom is -0.440 e. The number of hydrogen-bond donors (Lipinski definition) is 1. The van der Waals surface area contributed by atoms with Gasteiger partial charge in [0.2, 0.25) is 0 Å². The summed E-state index contributed by atoms with van der Waals surface area (Å²) in [5.74, 6) is 1.37. The number of aromatic nitrogens is 7. The third kappa shape index (κ3) is 2.84. The molecule has 27 heavy (non-hydrogen) atoms. The summed E-state index contributed by atoms with van der Waals surface area (Å²) in [6.07, 6.45) is 3.05. The Kier molecular flexibility index (Phi) is 3.66. The first kappa shape index (κ1) is 15.7. The highest BCUT2D eigenvalue weighted by molar-refractivity contribution is 5.92. The molecule has 0 spiro atoms. The smallest absolute Gasteiger partial charge is 0.271 e. The minimum absolute atomic E-state index is 0.0853. The zero-order chi connectivity index (χ0) is 18.2. The van der Waals surface area contributed by atoms with E-state index < -0.39 is 0 Å². The number of tetrazole rings is 1. The van der Waals surface area contributed by atoms with Gasteiger partial charge in [0.05, 0.1) is 0 Å². The van der Waals surface area contributed by atoms with Crippen molar-refractivity contribution < 1.29 is 9.21 Å². The van der Waals surface area contributed by atoms with Gasteiger partial charge in [-0.2, -0.15) is 9.78 Å². The summed E-state index contributed by atoms with van der Waals surface area (Å²) in [5, 5.41) is 17.7. The lowest BCUT2D eigenvalue weighted by atomic mass is 9.96. The molecule has 1 aliphatic rings. The molecule has 1 aromatic carbocycles. The lowest BCUT2D eigenvalue weighted by Gasteiger charge is -2.30. The maximum atomic E-state index is 12.7. The largest absolute Gasteiger partial charge is 0.440 e. The number of H-pyrrole nitrogens is 1. The first-order chi connectivity index (χ1) is 13.3. The summed E-state index contributed by atoms with van der Waals surface area (Å²) < 4.78 is 7.28. The molecule has 1 fully saturated rings. The molecule has 0 radical (unpaired) electrons. The molecule has 1 saturated heterocycles. The fourth-order valence-corrected chi connectivity index (χ4v) is 3.37. The predicted octanol–water partition coefficient (Wildman–Crippen LogP) is 1.55. The second-order valence-electron chi connectivity index (χ2n) is 6.48. The molecule has 5 rings (SSSR count). The van der Waals surface area contributed by atoms with Crippen molar-refractivity contribution in [3.63, 3.8) is 0 Å². The number of piperidine rings is 1. The van der Waals surface area contributed by atoms with Crippen molar-refractivity contribution in [3.05, 3.63) is 48.2 Å². The topological polar surface area (TPSA) is 119 Å². The minimum atomic E-state index is -0.0853. The summed E-state index contributed by atoms with van der Waals surface area (Å²) in [4.78, 5) is 19.1. The zero-order valence-electron chi connectivity index (χ0n) is 14.3. The van der Waals surface area contributed by atoms with Gasteiger partial charge in [0.15, 0.2) is 17.3 Å². The number of amides is 1. The van der Waals surface area contributed by atoms with E-state index in [0.717, 1.165) is 29.8 Å². The highest BCUT2D eigenvalue weighted by atomic mass is 16.3. The van der Waals surface area contributed by atoms with Crippen LogP contribution >= 0.6 is 0 Å². The van der Waals surface area contributed by atoms with Crippen LogP contribution in [0.4, 0.5) is 0 Å². The predicted molar refractivity (Wildman–Crippen MR) is 93.2 cm³/mol. The number of aromatic amines is 1. The monoisotopic (exact) mass is 364 g/mol. The average molecular weight is 364 g/mol. The van der Waals surface area contributed by atoms with Gasteiger partial charge in [0, 0.05) is 25.1 Å². The molecule has 0 bridgehead atoms. The first-order valence-electron chi connectivity index (χ1n) is 8.71. The molecule has 136 valence electrons. The Morgan fingerprint density at radius 1 is 1.22 bits per heavy atom. The number of benzene rings is 1. The number of fused-ring (bicyclic) bond motifs is 1. The maximum absolute atomic E-state index is 12.7. The summed E-state index contributed by atoms with van der Waals surface area (Å²) in [5.41, 5.74) is 2.10. The standard InChI is InChI=1S/C17H16N8O2/c26-17(13-9-15(21-20-13)25-10-18-22-23-25)24-7-5-11(6-8-24)16-19-12-3-1-2-4-14(12)27-16/h1-4,9-11H,5-8H2,(H,20,21). The lowest BCUT2D eigenvalue weighted by molar-refractivity contribution is 0.0700. The van der Waals surface area contributed by atoms with Crippen molar-refractivity contribution in [1.29, 1.82) is 0 Å². The second-order valence-corrected chi connectivity index (χ2v) is 6.48. The summed E-state index contributed by atoms with van der Waals surface area (Å²) in [7, 11) is 0. The highest BCUT2D eigenvalue weighted by Crippen LogP contribution is 2.30. The Bertz CT molecular complexity index is 1040. The van der Waals surface area contributed by atoms with E-state index in [1.54, 1.807) is 6.07 Å². The molecule has 0 aliphatic carbocycles. The summed E-state index contributed by atoms with van der Waals surface area (Å²) >= 11 is 0. The van der Waals surface area contributed by atoms with E-state index in [9.17, 15) is 4.79 Å². The van der Waals surface area contributed by atoms with E-state index in [4.69, 9.17) is 4.42 Å². The van der Waals surface area contributed by atoms with Gasteiger partial charge in [-0.3, -0.25) is 9.89 Å². The lowest BCUT2D eigenvalue weighted by Crippen LogP contribution is -2.38. The third-order valence-corrected chi connectivity index (χ3v) is 4.82. The van der Waals surface area contributed by atoms with Gasteiger partial charge in [-0.1, -0.05) is 12.1 Å². The molecule has 10 heteroatoms. The molecular weight excluding hydrogens is 348 g/mol. The molecule has 4 heterocycles. The van der Waals surface area contributed by atoms with Crippen LogP contribution in [-0.2, 0) is 0 Å². The Hall–Kier alpha value is -3.56. The summed E-state index contributed by atoms with van der Waals surface area (Å²) in [6, 6.07) is 9.40. The number of carbonyl (C=O) groups excluding carboxylic acids is 1. The summed E-state index contributed by atoms with van der Waals surface area (Å²) in [6.45, 7) is 1.28. The average Bonchev–Trinajstić information content (AvgIpc) is 3.47. The van der Waals surface area contributed by atoms with Gasteiger partial charge < -0.3 is 9.32 Å². The number of para-hydroxylation sites is 2. The van der Waals surface area contributed by atoms with Gasteiger partial charge in [-0.15, -0.1) is 5.10 Å². The van der Waals surface area contributed by atoms with Crippen LogP contribution in [0, 0.1) is 0 Å². The number of likely N-dealkylation sites (tertiary alicyclic amines) is 1. The molecule has 1 amide bonds. The van der Waals surface area contributed by atoms with E-state index in [1.165, 1.54) is 11.0 Å². The van der Waals surface area contributed by atoms with Crippen LogP contribution in [0.5, 0.6) is 0 Å². The second kappa shape index (κ2) is 6.31. The van der Waals surface area contributed by atoms with Crippen LogP contribution in [0.25, 0.3) is 16.9 Å². The number of nitrogens with zero attached hydrogens (tertiary/aromatic N) is 7. The van der Waals surface area contributed by atoms with E-state index in [1.807, 2.05) is 29.2 Å². The normalized spacial score (nSPS) is 15.5. The molecule has 1 aliphatic heterocycles. The van der Waals surface area contributed by atoms with Crippen molar-refractivity contribution in [3.8, 4) is 5.82 Å². The van der Waals surface area contributed by atoms with Gasteiger partial charge in [-0.25, -0.2) is 4.98 Å². The van der Waals surface area contributed by atoms with Gasteiger partial charge in [0.25, 0.3) is 5.91 Å². The van der Waals surface area contributed by atoms with Crippen LogP contribution in [-0.4, -0.2) is 59.3 Å². The Morgan fingerprint density at radius 3 is 2.85 bits per heavy atom. The van der Waals surface area contributed by atoms with E-state index >= 15 is 0 Å². The quantitative estimate of drug-likeness (QED) is 0.586. The molecule has 0 saturated carbocycles. The molecular formula is C17H16N8O2. The SMILES string of the molecule is O=C(c1cc(-n2cnnn2)n[nH]1)N1CCC(c2nc3ccccc3o2)CC1. The van der Waals surface area contributed by atoms with Crippen LogP contribution in [0.3, 0.4) is 0 Å². The number of rotatable bonds is 3. The zero-order valence-corrected chi connectivity index (χ0v) is 14.3. The molecule has 4 aromatic rings. The number of carbonyl (C=O) groups is 1. The number of nitrogens with one attached hydrogen (secondary N) is 1. The van der Waals surface area contributed by atoms with Gasteiger partial charge in [-0.05, 0) is 35.4 Å². The fourth-order valence-electron chi connectivity index (χ4n) is 3.37. The Labute approximate surface area is 153 Å². The third-order valence-electron chi connectivity index (χ3n) is 4.82. The van der Waals surface area contributed by atoms with Crippen molar-refractivity contribution in [2.75, 3.05) is 13.1 Å². The van der Waals surface area contributed by atoms with Crippen molar-refractivity contribution >= 4 is 17.0 Å². The number of oxazole rings is 1. The van der Waals surface area contributed by atoms with Crippen LogP contribution in [0.2, 0.25) is 0 Å². The van der Waals surface area contributed by atoms with E-state index in [0.29, 0.717) is 24.6 Å². The van der Waals surface area contributed by atoms with Gasteiger partial charge in [0.1, 0.15) is 17.5 Å². The van der Waals surface area contributed by atoms with Crippen LogP contribution in [0.15, 0.2) is 41.1 Å². The molecule has 10 nitrogen and oxygen atoms in total. The maximum Gasteiger partial charge on any atom is 0.271 e. The van der Waals surface area contributed by atoms with Crippen molar-refractivity contribution in [2.24, 2.45) is 0 Å². The van der Waals surface area contributed by atoms with Crippen molar-refractivity contribution in [2.45, 2.75) is 18.8 Å².